The second kappa shape index (κ2) is 5.39. The normalized spacial score (nSPS) is 17.1. The zero-order chi connectivity index (χ0) is 7.28. The third kappa shape index (κ3) is 5.06. The molecule has 0 aliphatic carbocycles. The van der Waals surface area contributed by atoms with Crippen molar-refractivity contribution >= 4 is 28.3 Å². The molecule has 0 unspecified atom stereocenters. The monoisotopic (exact) mass is 266 g/mol. The number of hydrogen-bond donors (Lipinski definition) is 0. The molecule has 0 rings (SSSR count). The van der Waals surface area contributed by atoms with Gasteiger partial charge in [-0.05, 0) is 0 Å². The molecule has 0 amide bonds. The molecule has 5 heteroatoms. The van der Waals surface area contributed by atoms with Gasteiger partial charge in [0.05, 0.1) is 0 Å². The average Bonchev–Trinajstić information content (AvgIpc) is 1.87. The van der Waals surface area contributed by atoms with Gasteiger partial charge in [0.1, 0.15) is 0 Å². The van der Waals surface area contributed by atoms with Gasteiger partial charge in [-0.2, -0.15) is 0 Å². The van der Waals surface area contributed by atoms with Crippen LogP contribution in [0.2, 0.25) is 10.6 Å². The molecule has 3 nitrogen and oxygen atoms in total. The average molecular weight is 264 g/mol. The van der Waals surface area contributed by atoms with Crippen LogP contribution in [0.3, 0.4) is 0 Å². The van der Waals surface area contributed by atoms with Crippen LogP contribution in [0.4, 0.5) is 0 Å². The fourth-order valence-corrected chi connectivity index (χ4v) is 4.88. The fourth-order valence-electron chi connectivity index (χ4n) is 0.181. The summed E-state index contributed by atoms with van der Waals surface area (Å²) in [5, 5.41) is 1.03. The Labute approximate surface area is 63.6 Å². The third-order valence-electron chi connectivity index (χ3n) is 0.623. The predicted octanol–water partition coefficient (Wildman–Crippen LogP) is 0.880. The summed E-state index contributed by atoms with van der Waals surface area (Å²) in [5.74, 6) is 0. The van der Waals surface area contributed by atoms with Gasteiger partial charge >= 0.3 is 63.4 Å². The predicted molar refractivity (Wildman–Crippen MR) is 34.9 cm³/mol. The molecule has 56 valence electrons. The van der Waals surface area contributed by atoms with E-state index in [1.165, 1.54) is 0 Å². The van der Waals surface area contributed by atoms with Gasteiger partial charge in [-0.15, -0.1) is 0 Å². The van der Waals surface area contributed by atoms with E-state index in [1.807, 2.05) is 0 Å². The Morgan fingerprint density at radius 3 is 1.67 bits per heavy atom. The summed E-state index contributed by atoms with van der Waals surface area (Å²) in [7, 11) is 0. The first-order chi connectivity index (χ1) is 4.20. The van der Waals surface area contributed by atoms with E-state index in [2.05, 4.69) is 2.90 Å². The van der Waals surface area contributed by atoms with E-state index < -0.39 is 28.3 Å². The van der Waals surface area contributed by atoms with Crippen LogP contribution < -0.4 is 0 Å². The van der Waals surface area contributed by atoms with E-state index in [4.69, 9.17) is 0 Å². The Bertz CT molecular complexity index is 109. The van der Waals surface area contributed by atoms with Gasteiger partial charge in [0.15, 0.2) is 0 Å². The Balaban J connectivity index is 3.47. The molecule has 0 bridgehead atoms. The van der Waals surface area contributed by atoms with Crippen LogP contribution in [0.5, 0.6) is 0 Å². The van der Waals surface area contributed by atoms with E-state index in [-0.39, 0.29) is 0 Å². The standard InChI is InChI=1S/C4H10O3Se2/c1-3-8(5)7-9(6)4-2/h3-4H2,1-2H3. The van der Waals surface area contributed by atoms with Gasteiger partial charge in [0.2, 0.25) is 0 Å². The van der Waals surface area contributed by atoms with E-state index in [1.54, 1.807) is 13.8 Å². The number of hydrogen-bond acceptors (Lipinski definition) is 3. The summed E-state index contributed by atoms with van der Waals surface area (Å²) in [4.78, 5) is 0. The maximum atomic E-state index is 10.6. The second-order valence-corrected chi connectivity index (χ2v) is 7.99. The first kappa shape index (κ1) is 9.60. The van der Waals surface area contributed by atoms with E-state index in [9.17, 15) is 7.67 Å². The van der Waals surface area contributed by atoms with Crippen LogP contribution in [-0.2, 0) is 10.6 Å². The molecular formula is C4H10O3Se2. The van der Waals surface area contributed by atoms with Crippen LogP contribution >= 0.6 is 0 Å². The molecule has 0 aromatic heterocycles. The van der Waals surface area contributed by atoms with Gasteiger partial charge in [0.25, 0.3) is 0 Å². The molecular weight excluding hydrogens is 254 g/mol. The summed E-state index contributed by atoms with van der Waals surface area (Å²) < 4.78 is 25.9. The molecule has 0 spiro atoms. The van der Waals surface area contributed by atoms with Crippen molar-refractivity contribution in [2.45, 2.75) is 24.5 Å². The minimum atomic E-state index is -2.15. The number of rotatable bonds is 4. The zero-order valence-corrected chi connectivity index (χ0v) is 8.88. The third-order valence-corrected chi connectivity index (χ3v) is 6.55. The van der Waals surface area contributed by atoms with E-state index in [0.717, 1.165) is 0 Å². The topological polar surface area (TPSA) is 43.4 Å². The summed E-state index contributed by atoms with van der Waals surface area (Å²) in [6.07, 6.45) is 0. The van der Waals surface area contributed by atoms with Gasteiger partial charge in [-0.1, -0.05) is 0 Å². The zero-order valence-electron chi connectivity index (χ0n) is 5.46. The molecule has 0 atom stereocenters. The molecule has 0 saturated heterocycles. The van der Waals surface area contributed by atoms with Gasteiger partial charge < -0.3 is 0 Å². The molecule has 0 aliphatic heterocycles. The second-order valence-electron chi connectivity index (χ2n) is 1.25. The van der Waals surface area contributed by atoms with Crippen molar-refractivity contribution in [1.29, 1.82) is 0 Å². The minimum absolute atomic E-state index is 0.516. The Morgan fingerprint density at radius 2 is 1.44 bits per heavy atom. The van der Waals surface area contributed by atoms with Crippen LogP contribution in [0, 0.1) is 0 Å². The Hall–Kier alpha value is 0.599. The van der Waals surface area contributed by atoms with E-state index in [0.29, 0.717) is 10.6 Å². The molecule has 0 aromatic rings. The summed E-state index contributed by atoms with van der Waals surface area (Å²) >= 11 is -4.29. The van der Waals surface area contributed by atoms with E-state index >= 15 is 0 Å². The molecule has 0 aliphatic rings. The molecule has 0 radical (unpaired) electrons. The fraction of sp³-hybridized carbons (Fsp3) is 1.00. The van der Waals surface area contributed by atoms with Gasteiger partial charge in [-0.3, -0.25) is 0 Å². The summed E-state index contributed by atoms with van der Waals surface area (Å²) in [6, 6.07) is 0. The van der Waals surface area contributed by atoms with Crippen molar-refractivity contribution in [3.63, 3.8) is 0 Å². The first-order valence-electron chi connectivity index (χ1n) is 2.66. The molecule has 0 heterocycles. The van der Waals surface area contributed by atoms with Crippen molar-refractivity contribution in [3.8, 4) is 0 Å². The van der Waals surface area contributed by atoms with Gasteiger partial charge in [0, 0.05) is 0 Å². The summed E-state index contributed by atoms with van der Waals surface area (Å²) in [5.41, 5.74) is 0. The van der Waals surface area contributed by atoms with Gasteiger partial charge in [-0.25, -0.2) is 0 Å². The molecule has 0 fully saturated rings. The van der Waals surface area contributed by atoms with Crippen LogP contribution in [0.15, 0.2) is 0 Å². The SMILES string of the molecule is CC[Se](=O)O[Se](=O)CC. The molecule has 0 aromatic carbocycles. The molecule has 0 saturated carbocycles. The van der Waals surface area contributed by atoms with Crippen molar-refractivity contribution in [2.24, 2.45) is 0 Å². The van der Waals surface area contributed by atoms with Crippen molar-refractivity contribution < 1.29 is 10.6 Å². The first-order valence-corrected chi connectivity index (χ1v) is 7.88. The van der Waals surface area contributed by atoms with Crippen LogP contribution in [-0.4, -0.2) is 28.3 Å². The van der Waals surface area contributed by atoms with Crippen molar-refractivity contribution in [3.05, 3.63) is 0 Å². The van der Waals surface area contributed by atoms with Crippen molar-refractivity contribution in [2.75, 3.05) is 0 Å². The molecule has 9 heavy (non-hydrogen) atoms. The van der Waals surface area contributed by atoms with Crippen LogP contribution in [0.25, 0.3) is 0 Å². The quantitative estimate of drug-likeness (QED) is 0.708. The molecule has 0 N–H and O–H groups in total. The Kier molecular flexibility index (Phi) is 5.75. The maximum absolute atomic E-state index is 10.6. The van der Waals surface area contributed by atoms with Crippen molar-refractivity contribution in [1.82, 2.24) is 0 Å². The Morgan fingerprint density at radius 1 is 1.11 bits per heavy atom. The van der Waals surface area contributed by atoms with Crippen LogP contribution in [0.1, 0.15) is 13.8 Å². The summed E-state index contributed by atoms with van der Waals surface area (Å²) in [6.45, 7) is 3.54.